The second-order valence-electron chi connectivity index (χ2n) is 6.63. The fourth-order valence-electron chi connectivity index (χ4n) is 2.79. The smallest absolute Gasteiger partial charge is 0.416 e. The van der Waals surface area contributed by atoms with Crippen molar-refractivity contribution in [2.75, 3.05) is 25.6 Å². The molecule has 5 nitrogen and oxygen atoms in total. The first kappa shape index (κ1) is 20.0. The molecule has 8 heteroatoms. The summed E-state index contributed by atoms with van der Waals surface area (Å²) in [6.45, 7) is 3.02. The molecule has 1 unspecified atom stereocenters. The van der Waals surface area contributed by atoms with Crippen LogP contribution in [-0.2, 0) is 17.5 Å². The molecule has 0 fully saturated rings. The molecule has 3 rings (SSSR count). The summed E-state index contributed by atoms with van der Waals surface area (Å²) in [6, 6.07) is 9.61. The van der Waals surface area contributed by atoms with Crippen LogP contribution in [0.5, 0.6) is 11.5 Å². The number of hydrogen-bond acceptors (Lipinski definition) is 4. The van der Waals surface area contributed by atoms with Crippen molar-refractivity contribution in [2.24, 2.45) is 0 Å². The van der Waals surface area contributed by atoms with Crippen molar-refractivity contribution in [2.45, 2.75) is 25.7 Å². The van der Waals surface area contributed by atoms with E-state index in [1.54, 1.807) is 37.1 Å². The Morgan fingerprint density at radius 1 is 1.11 bits per heavy atom. The molecule has 0 bridgehead atoms. The molecule has 0 aliphatic carbocycles. The Hall–Kier alpha value is -2.74. The molecule has 0 saturated carbocycles. The lowest BCUT2D eigenvalue weighted by molar-refractivity contribution is -0.137. The Labute approximate surface area is 161 Å². The van der Waals surface area contributed by atoms with Crippen LogP contribution in [0.2, 0.25) is 0 Å². The van der Waals surface area contributed by atoms with Gasteiger partial charge in [-0.3, -0.25) is 9.69 Å². The normalized spacial score (nSPS) is 14.6. The van der Waals surface area contributed by atoms with Gasteiger partial charge in [-0.25, -0.2) is 0 Å². The van der Waals surface area contributed by atoms with Crippen LogP contribution in [0.15, 0.2) is 42.5 Å². The highest BCUT2D eigenvalue weighted by atomic mass is 19.4. The molecule has 0 aromatic heterocycles. The number of rotatable bonds is 5. The van der Waals surface area contributed by atoms with Crippen molar-refractivity contribution in [3.8, 4) is 11.5 Å². The average Bonchev–Trinajstić information content (AvgIpc) is 2.67. The number of alkyl halides is 3. The fourth-order valence-corrected chi connectivity index (χ4v) is 2.79. The maximum absolute atomic E-state index is 12.6. The number of halogens is 3. The van der Waals surface area contributed by atoms with Gasteiger partial charge in [0.15, 0.2) is 11.5 Å². The summed E-state index contributed by atoms with van der Waals surface area (Å²) in [4.78, 5) is 14.3. The molecule has 1 amide bonds. The third-order valence-corrected chi connectivity index (χ3v) is 4.56. The maximum Gasteiger partial charge on any atom is 0.416 e. The lowest BCUT2D eigenvalue weighted by atomic mass is 10.1. The van der Waals surface area contributed by atoms with Gasteiger partial charge in [0.1, 0.15) is 13.2 Å². The zero-order valence-electron chi connectivity index (χ0n) is 15.5. The van der Waals surface area contributed by atoms with Gasteiger partial charge >= 0.3 is 6.18 Å². The van der Waals surface area contributed by atoms with Crippen LogP contribution in [0.25, 0.3) is 0 Å². The Morgan fingerprint density at radius 3 is 2.39 bits per heavy atom. The van der Waals surface area contributed by atoms with Crippen LogP contribution in [-0.4, -0.2) is 37.1 Å². The lowest BCUT2D eigenvalue weighted by Crippen LogP contribution is -2.39. The summed E-state index contributed by atoms with van der Waals surface area (Å²) in [5.41, 5.74) is 0.585. The van der Waals surface area contributed by atoms with Gasteiger partial charge in [-0.1, -0.05) is 12.1 Å². The van der Waals surface area contributed by atoms with Gasteiger partial charge in [0.05, 0.1) is 11.6 Å². The Balaban J connectivity index is 1.59. The molecule has 2 aromatic carbocycles. The Kier molecular flexibility index (Phi) is 5.79. The summed E-state index contributed by atoms with van der Waals surface area (Å²) in [5.74, 6) is 0.984. The molecule has 1 aliphatic heterocycles. The van der Waals surface area contributed by atoms with Crippen LogP contribution in [0.4, 0.5) is 18.9 Å². The topological polar surface area (TPSA) is 50.8 Å². The Morgan fingerprint density at radius 2 is 1.75 bits per heavy atom. The van der Waals surface area contributed by atoms with Crippen molar-refractivity contribution in [1.82, 2.24) is 4.90 Å². The molecule has 0 saturated heterocycles. The zero-order chi connectivity index (χ0) is 20.3. The van der Waals surface area contributed by atoms with Gasteiger partial charge in [0.25, 0.3) is 0 Å². The number of nitrogens with zero attached hydrogens (tertiary/aromatic N) is 1. The summed E-state index contributed by atoms with van der Waals surface area (Å²) in [7, 11) is 1.74. The highest BCUT2D eigenvalue weighted by Crippen LogP contribution is 2.32. The van der Waals surface area contributed by atoms with Gasteiger partial charge in [0, 0.05) is 18.3 Å². The molecule has 0 spiro atoms. The number of fused-ring (bicyclic) bond motifs is 1. The minimum Gasteiger partial charge on any atom is -0.486 e. The first-order valence-corrected chi connectivity index (χ1v) is 8.81. The number of ether oxygens (including phenoxy) is 2. The van der Waals surface area contributed by atoms with Crippen LogP contribution >= 0.6 is 0 Å². The largest absolute Gasteiger partial charge is 0.486 e. The van der Waals surface area contributed by atoms with Crippen LogP contribution in [0.1, 0.15) is 18.1 Å². The second kappa shape index (κ2) is 8.10. The predicted molar refractivity (Wildman–Crippen MR) is 98.4 cm³/mol. The number of hydrogen-bond donors (Lipinski definition) is 1. The lowest BCUT2D eigenvalue weighted by Gasteiger charge is -2.24. The van der Waals surface area contributed by atoms with Crippen LogP contribution in [0, 0.1) is 0 Å². The predicted octanol–water partition coefficient (Wildman–Crippen LogP) is 3.94. The van der Waals surface area contributed by atoms with Gasteiger partial charge in [-0.2, -0.15) is 13.2 Å². The summed E-state index contributed by atoms with van der Waals surface area (Å²) >= 11 is 0. The number of likely N-dealkylation sites (N-methyl/N-ethyl adjacent to an activating group) is 1. The van der Waals surface area contributed by atoms with Crippen LogP contribution in [0.3, 0.4) is 0 Å². The van der Waals surface area contributed by atoms with Gasteiger partial charge in [0.2, 0.25) is 5.91 Å². The third-order valence-electron chi connectivity index (χ3n) is 4.56. The number of carbonyl (C=O) groups excluding carboxylic acids is 1. The van der Waals surface area contributed by atoms with Gasteiger partial charge in [-0.05, 0) is 43.8 Å². The SMILES string of the molecule is CC(C(=O)Nc1ccc2c(c1)OCCO2)N(C)Cc1ccc(C(F)(F)F)cc1. The molecule has 1 N–H and O–H groups in total. The second-order valence-corrected chi connectivity index (χ2v) is 6.63. The van der Waals surface area contributed by atoms with E-state index in [4.69, 9.17) is 9.47 Å². The molecule has 150 valence electrons. The maximum atomic E-state index is 12.6. The van der Waals surface area contributed by atoms with Crippen molar-refractivity contribution in [3.63, 3.8) is 0 Å². The first-order chi connectivity index (χ1) is 13.2. The van der Waals surface area contributed by atoms with Crippen molar-refractivity contribution in [1.29, 1.82) is 0 Å². The molecule has 1 aliphatic rings. The number of anilines is 1. The molecule has 1 heterocycles. The molecular formula is C20H21F3N2O3. The number of benzene rings is 2. The first-order valence-electron chi connectivity index (χ1n) is 8.81. The zero-order valence-corrected chi connectivity index (χ0v) is 15.5. The molecule has 2 aromatic rings. The molecule has 1 atom stereocenters. The van der Waals surface area contributed by atoms with Crippen molar-refractivity contribution < 1.29 is 27.4 Å². The monoisotopic (exact) mass is 394 g/mol. The number of amides is 1. The Bertz CT molecular complexity index is 838. The quantitative estimate of drug-likeness (QED) is 0.835. The van der Waals surface area contributed by atoms with Crippen molar-refractivity contribution in [3.05, 3.63) is 53.6 Å². The van der Waals surface area contributed by atoms with E-state index in [9.17, 15) is 18.0 Å². The summed E-state index contributed by atoms with van der Waals surface area (Å²) in [5, 5.41) is 2.82. The summed E-state index contributed by atoms with van der Waals surface area (Å²) < 4.78 is 48.9. The fraction of sp³-hybridized carbons (Fsp3) is 0.350. The van der Waals surface area contributed by atoms with E-state index in [1.165, 1.54) is 12.1 Å². The third kappa shape index (κ3) is 4.75. The van der Waals surface area contributed by atoms with Crippen molar-refractivity contribution >= 4 is 11.6 Å². The molecular weight excluding hydrogens is 373 g/mol. The van der Waals surface area contributed by atoms with E-state index < -0.39 is 17.8 Å². The van der Waals surface area contributed by atoms with E-state index in [0.29, 0.717) is 42.5 Å². The number of nitrogens with one attached hydrogen (secondary N) is 1. The minimum atomic E-state index is -4.36. The molecule has 28 heavy (non-hydrogen) atoms. The summed E-state index contributed by atoms with van der Waals surface area (Å²) in [6.07, 6.45) is -4.36. The van der Waals surface area contributed by atoms with Gasteiger partial charge < -0.3 is 14.8 Å². The highest BCUT2D eigenvalue weighted by molar-refractivity contribution is 5.94. The van der Waals surface area contributed by atoms with E-state index in [0.717, 1.165) is 12.1 Å². The van der Waals surface area contributed by atoms with E-state index in [2.05, 4.69) is 5.32 Å². The van der Waals surface area contributed by atoms with Gasteiger partial charge in [-0.15, -0.1) is 0 Å². The minimum absolute atomic E-state index is 0.230. The van der Waals surface area contributed by atoms with E-state index in [-0.39, 0.29) is 5.91 Å². The number of carbonyl (C=O) groups is 1. The van der Waals surface area contributed by atoms with Crippen LogP contribution < -0.4 is 14.8 Å². The standard InChI is InChI=1S/C20H21F3N2O3/c1-13(25(2)12-14-3-5-15(6-4-14)20(21,22)23)19(26)24-16-7-8-17-18(11-16)28-10-9-27-17/h3-8,11,13H,9-10,12H2,1-2H3,(H,24,26). The van der Waals surface area contributed by atoms with E-state index in [1.807, 2.05) is 0 Å². The average molecular weight is 394 g/mol. The molecule has 0 radical (unpaired) electrons. The van der Waals surface area contributed by atoms with E-state index >= 15 is 0 Å². The highest BCUT2D eigenvalue weighted by Gasteiger charge is 2.30.